The molecule has 1 heterocycles. The number of benzene rings is 1. The summed E-state index contributed by atoms with van der Waals surface area (Å²) >= 11 is 0. The third kappa shape index (κ3) is 2.41. The predicted molar refractivity (Wildman–Crippen MR) is 73.8 cm³/mol. The van der Waals surface area contributed by atoms with Gasteiger partial charge in [-0.3, -0.25) is 0 Å². The van der Waals surface area contributed by atoms with Crippen LogP contribution in [0, 0.1) is 0 Å². The first kappa shape index (κ1) is 10.9. The van der Waals surface area contributed by atoms with Crippen molar-refractivity contribution in [2.75, 3.05) is 23.3 Å². The van der Waals surface area contributed by atoms with E-state index in [1.165, 1.54) is 63.0 Å². The molecule has 0 atom stereocenters. The van der Waals surface area contributed by atoms with E-state index >= 15 is 0 Å². The number of nitrogens with zero attached hydrogens (tertiary/aromatic N) is 1. The van der Waals surface area contributed by atoms with Crippen LogP contribution in [0.1, 0.15) is 38.5 Å². The molecule has 1 aromatic rings. The molecule has 1 N–H and O–H groups in total. The second-order valence-electron chi connectivity index (χ2n) is 5.34. The van der Waals surface area contributed by atoms with Crippen molar-refractivity contribution >= 4 is 11.4 Å². The molecule has 0 radical (unpaired) electrons. The first-order chi connectivity index (χ1) is 8.43. The second-order valence-corrected chi connectivity index (χ2v) is 5.34. The molecule has 1 aliphatic heterocycles. The molecule has 1 saturated carbocycles. The monoisotopic (exact) mass is 230 g/mol. The van der Waals surface area contributed by atoms with Gasteiger partial charge >= 0.3 is 0 Å². The molecule has 0 bridgehead atoms. The van der Waals surface area contributed by atoms with Crippen LogP contribution in [0.4, 0.5) is 11.4 Å². The third-order valence-electron chi connectivity index (χ3n) is 4.07. The van der Waals surface area contributed by atoms with Crippen LogP contribution in [0.5, 0.6) is 0 Å². The molecule has 2 fully saturated rings. The zero-order valence-corrected chi connectivity index (χ0v) is 10.5. The smallest absolute Gasteiger partial charge is 0.0602 e. The van der Waals surface area contributed by atoms with Crippen LogP contribution in [-0.2, 0) is 0 Å². The summed E-state index contributed by atoms with van der Waals surface area (Å²) in [6.07, 6.45) is 8.16. The quantitative estimate of drug-likeness (QED) is 0.852. The average Bonchev–Trinajstić information content (AvgIpc) is 2.35. The standard InChI is InChI=1S/C15H22N2/c1-4-11-17(12-5-1)15-10-3-2-9-14(15)16-13-7-6-8-13/h2-3,9-10,13,16H,1,4-8,11-12H2. The normalized spacial score (nSPS) is 21.1. The molecule has 0 unspecified atom stereocenters. The lowest BCUT2D eigenvalue weighted by molar-refractivity contribution is 0.445. The lowest BCUT2D eigenvalue weighted by atomic mass is 9.93. The van der Waals surface area contributed by atoms with E-state index in [4.69, 9.17) is 0 Å². The highest BCUT2D eigenvalue weighted by molar-refractivity contribution is 5.70. The van der Waals surface area contributed by atoms with Gasteiger partial charge in [0.2, 0.25) is 0 Å². The molecule has 92 valence electrons. The van der Waals surface area contributed by atoms with Crippen LogP contribution < -0.4 is 10.2 Å². The van der Waals surface area contributed by atoms with Gasteiger partial charge in [0.15, 0.2) is 0 Å². The van der Waals surface area contributed by atoms with Gasteiger partial charge in [-0.05, 0) is 50.7 Å². The summed E-state index contributed by atoms with van der Waals surface area (Å²) in [5.74, 6) is 0. The van der Waals surface area contributed by atoms with E-state index in [1.54, 1.807) is 0 Å². The highest BCUT2D eigenvalue weighted by Crippen LogP contribution is 2.31. The first-order valence-electron chi connectivity index (χ1n) is 7.04. The average molecular weight is 230 g/mol. The highest BCUT2D eigenvalue weighted by atomic mass is 15.2. The van der Waals surface area contributed by atoms with E-state index in [1.807, 2.05) is 0 Å². The van der Waals surface area contributed by atoms with E-state index in [-0.39, 0.29) is 0 Å². The number of hydrogen-bond donors (Lipinski definition) is 1. The van der Waals surface area contributed by atoms with E-state index in [9.17, 15) is 0 Å². The summed E-state index contributed by atoms with van der Waals surface area (Å²) in [5, 5.41) is 3.70. The van der Waals surface area contributed by atoms with Gasteiger partial charge in [0, 0.05) is 19.1 Å². The zero-order chi connectivity index (χ0) is 11.5. The summed E-state index contributed by atoms with van der Waals surface area (Å²) in [4.78, 5) is 2.55. The van der Waals surface area contributed by atoms with Gasteiger partial charge < -0.3 is 10.2 Å². The SMILES string of the molecule is c1ccc(N2CCCCC2)c(NC2CCC2)c1. The van der Waals surface area contributed by atoms with Gasteiger partial charge in [0.25, 0.3) is 0 Å². The summed E-state index contributed by atoms with van der Waals surface area (Å²) in [6, 6.07) is 9.54. The molecule has 2 heteroatoms. The number of para-hydroxylation sites is 2. The lowest BCUT2D eigenvalue weighted by Crippen LogP contribution is -2.32. The molecule has 3 rings (SSSR count). The fourth-order valence-electron chi connectivity index (χ4n) is 2.78. The Kier molecular flexibility index (Phi) is 3.21. The molecular formula is C15H22N2. The fraction of sp³-hybridized carbons (Fsp3) is 0.600. The Morgan fingerprint density at radius 1 is 0.941 bits per heavy atom. The van der Waals surface area contributed by atoms with Crippen molar-refractivity contribution < 1.29 is 0 Å². The highest BCUT2D eigenvalue weighted by Gasteiger charge is 2.20. The largest absolute Gasteiger partial charge is 0.381 e. The Hall–Kier alpha value is -1.18. The molecule has 2 nitrogen and oxygen atoms in total. The molecule has 17 heavy (non-hydrogen) atoms. The summed E-state index contributed by atoms with van der Waals surface area (Å²) in [7, 11) is 0. The molecular weight excluding hydrogens is 208 g/mol. The number of nitrogens with one attached hydrogen (secondary N) is 1. The van der Waals surface area contributed by atoms with Crippen LogP contribution in [0.15, 0.2) is 24.3 Å². The Bertz CT molecular complexity index is 365. The van der Waals surface area contributed by atoms with Crippen LogP contribution >= 0.6 is 0 Å². The summed E-state index contributed by atoms with van der Waals surface area (Å²) < 4.78 is 0. The minimum Gasteiger partial charge on any atom is -0.381 e. The Morgan fingerprint density at radius 2 is 1.71 bits per heavy atom. The molecule has 0 amide bonds. The Labute approximate surface area is 104 Å². The van der Waals surface area contributed by atoms with Gasteiger partial charge in [-0.15, -0.1) is 0 Å². The summed E-state index contributed by atoms with van der Waals surface area (Å²) in [6.45, 7) is 2.45. The molecule has 0 spiro atoms. The van der Waals surface area contributed by atoms with Crippen LogP contribution in [-0.4, -0.2) is 19.1 Å². The van der Waals surface area contributed by atoms with Crippen LogP contribution in [0.2, 0.25) is 0 Å². The van der Waals surface area contributed by atoms with Crippen molar-refractivity contribution in [2.45, 2.75) is 44.6 Å². The fourth-order valence-corrected chi connectivity index (χ4v) is 2.78. The molecule has 1 aromatic carbocycles. The van der Waals surface area contributed by atoms with Crippen molar-refractivity contribution in [3.05, 3.63) is 24.3 Å². The van der Waals surface area contributed by atoms with E-state index < -0.39 is 0 Å². The Morgan fingerprint density at radius 3 is 2.41 bits per heavy atom. The number of hydrogen-bond acceptors (Lipinski definition) is 2. The maximum atomic E-state index is 3.70. The van der Waals surface area contributed by atoms with E-state index in [2.05, 4.69) is 34.5 Å². The van der Waals surface area contributed by atoms with Gasteiger partial charge in [-0.2, -0.15) is 0 Å². The number of piperidine rings is 1. The molecule has 2 aliphatic rings. The minimum absolute atomic E-state index is 0.723. The van der Waals surface area contributed by atoms with Crippen molar-refractivity contribution in [1.29, 1.82) is 0 Å². The molecule has 1 saturated heterocycles. The first-order valence-corrected chi connectivity index (χ1v) is 7.04. The van der Waals surface area contributed by atoms with Crippen molar-refractivity contribution in [3.8, 4) is 0 Å². The van der Waals surface area contributed by atoms with E-state index in [0.717, 1.165) is 6.04 Å². The van der Waals surface area contributed by atoms with Crippen LogP contribution in [0.3, 0.4) is 0 Å². The molecule has 0 aromatic heterocycles. The lowest BCUT2D eigenvalue weighted by Gasteiger charge is -2.33. The number of anilines is 2. The van der Waals surface area contributed by atoms with Gasteiger partial charge in [-0.1, -0.05) is 12.1 Å². The zero-order valence-electron chi connectivity index (χ0n) is 10.5. The van der Waals surface area contributed by atoms with Gasteiger partial charge in [0.05, 0.1) is 11.4 Å². The molecule has 1 aliphatic carbocycles. The van der Waals surface area contributed by atoms with Crippen molar-refractivity contribution in [1.82, 2.24) is 0 Å². The third-order valence-corrected chi connectivity index (χ3v) is 4.07. The second kappa shape index (κ2) is 4.99. The van der Waals surface area contributed by atoms with E-state index in [0.29, 0.717) is 0 Å². The minimum atomic E-state index is 0.723. The van der Waals surface area contributed by atoms with Crippen molar-refractivity contribution in [2.24, 2.45) is 0 Å². The summed E-state index contributed by atoms with van der Waals surface area (Å²) in [5.41, 5.74) is 2.76. The maximum Gasteiger partial charge on any atom is 0.0602 e. The topological polar surface area (TPSA) is 15.3 Å². The predicted octanol–water partition coefficient (Wildman–Crippen LogP) is 3.64. The van der Waals surface area contributed by atoms with Gasteiger partial charge in [-0.25, -0.2) is 0 Å². The maximum absolute atomic E-state index is 3.70. The number of rotatable bonds is 3. The van der Waals surface area contributed by atoms with Crippen molar-refractivity contribution in [3.63, 3.8) is 0 Å². The van der Waals surface area contributed by atoms with Crippen LogP contribution in [0.25, 0.3) is 0 Å². The Balaban J connectivity index is 1.76. The van der Waals surface area contributed by atoms with Gasteiger partial charge in [0.1, 0.15) is 0 Å².